The second-order valence-corrected chi connectivity index (χ2v) is 5.99. The van der Waals surface area contributed by atoms with E-state index in [0.717, 1.165) is 25.7 Å². The van der Waals surface area contributed by atoms with Crippen molar-refractivity contribution < 1.29 is 19.8 Å². The van der Waals surface area contributed by atoms with Crippen LogP contribution >= 0.6 is 11.8 Å². The average molecular weight is 288 g/mol. The summed E-state index contributed by atoms with van der Waals surface area (Å²) in [6, 6.07) is -1.14. The first-order valence-electron chi connectivity index (χ1n) is 6.63. The Hall–Kier alpha value is -0.950. The van der Waals surface area contributed by atoms with Crippen molar-refractivity contribution in [2.75, 3.05) is 24.8 Å². The average Bonchev–Trinajstić information content (AvgIpc) is 2.76. The van der Waals surface area contributed by atoms with E-state index in [-0.39, 0.29) is 18.7 Å². The van der Waals surface area contributed by atoms with Gasteiger partial charge in [0.2, 0.25) is 0 Å². The monoisotopic (exact) mass is 288 g/mol. The SMILES string of the molecule is O=C(O)[C@@H]1CSCN1C(=O)N1CCCCCC1CO. The molecule has 7 heteroatoms. The third kappa shape index (κ3) is 3.14. The zero-order valence-electron chi connectivity index (χ0n) is 10.8. The lowest BCUT2D eigenvalue weighted by Gasteiger charge is -2.33. The summed E-state index contributed by atoms with van der Waals surface area (Å²) >= 11 is 1.46. The molecule has 2 fully saturated rings. The number of carboxylic acid groups (broad SMARTS) is 1. The molecule has 108 valence electrons. The van der Waals surface area contributed by atoms with E-state index in [1.807, 2.05) is 0 Å². The number of amides is 2. The molecule has 2 N–H and O–H groups in total. The number of urea groups is 1. The van der Waals surface area contributed by atoms with Gasteiger partial charge in [-0.25, -0.2) is 9.59 Å². The number of hydrogen-bond donors (Lipinski definition) is 2. The molecule has 0 bridgehead atoms. The van der Waals surface area contributed by atoms with Gasteiger partial charge < -0.3 is 20.0 Å². The molecule has 0 radical (unpaired) electrons. The third-order valence-electron chi connectivity index (χ3n) is 3.75. The van der Waals surface area contributed by atoms with E-state index in [1.54, 1.807) is 4.90 Å². The van der Waals surface area contributed by atoms with E-state index in [1.165, 1.54) is 16.7 Å². The Labute approximate surface area is 116 Å². The van der Waals surface area contributed by atoms with E-state index >= 15 is 0 Å². The van der Waals surface area contributed by atoms with Crippen molar-refractivity contribution in [1.29, 1.82) is 0 Å². The van der Waals surface area contributed by atoms with Gasteiger partial charge in [0.25, 0.3) is 0 Å². The molecule has 0 aromatic rings. The third-order valence-corrected chi connectivity index (χ3v) is 4.76. The van der Waals surface area contributed by atoms with Crippen LogP contribution in [0.1, 0.15) is 25.7 Å². The lowest BCUT2D eigenvalue weighted by Crippen LogP contribution is -2.52. The number of carboxylic acids is 1. The fourth-order valence-corrected chi connectivity index (χ4v) is 3.76. The molecule has 2 saturated heterocycles. The van der Waals surface area contributed by atoms with E-state index in [2.05, 4.69) is 0 Å². The molecule has 0 spiro atoms. The van der Waals surface area contributed by atoms with Crippen LogP contribution in [0.25, 0.3) is 0 Å². The van der Waals surface area contributed by atoms with Crippen molar-refractivity contribution >= 4 is 23.8 Å². The number of thioether (sulfide) groups is 1. The largest absolute Gasteiger partial charge is 0.480 e. The number of aliphatic hydroxyl groups excluding tert-OH is 1. The van der Waals surface area contributed by atoms with Gasteiger partial charge in [-0.2, -0.15) is 0 Å². The lowest BCUT2D eigenvalue weighted by atomic mass is 10.1. The Balaban J connectivity index is 2.09. The number of hydrogen-bond acceptors (Lipinski definition) is 4. The molecule has 2 aliphatic rings. The van der Waals surface area contributed by atoms with Gasteiger partial charge in [0.1, 0.15) is 6.04 Å². The Morgan fingerprint density at radius 2 is 2.00 bits per heavy atom. The maximum Gasteiger partial charge on any atom is 0.327 e. The highest BCUT2D eigenvalue weighted by molar-refractivity contribution is 7.99. The van der Waals surface area contributed by atoms with E-state index in [4.69, 9.17) is 5.11 Å². The molecule has 2 heterocycles. The molecule has 0 saturated carbocycles. The number of rotatable bonds is 2. The minimum atomic E-state index is -0.950. The topological polar surface area (TPSA) is 81.1 Å². The van der Waals surface area contributed by atoms with Gasteiger partial charge in [-0.15, -0.1) is 11.8 Å². The molecule has 2 amide bonds. The second kappa shape index (κ2) is 6.47. The van der Waals surface area contributed by atoms with Crippen molar-refractivity contribution in [3.63, 3.8) is 0 Å². The highest BCUT2D eigenvalue weighted by Gasteiger charge is 2.38. The number of likely N-dealkylation sites (tertiary alicyclic amines) is 1. The summed E-state index contributed by atoms with van der Waals surface area (Å²) in [6.45, 7) is 0.558. The molecule has 0 aromatic carbocycles. The van der Waals surface area contributed by atoms with Gasteiger partial charge in [0, 0.05) is 12.3 Å². The van der Waals surface area contributed by atoms with Crippen LogP contribution in [-0.4, -0.2) is 68.9 Å². The molecule has 0 aromatic heterocycles. The predicted molar refractivity (Wildman–Crippen MR) is 72.0 cm³/mol. The molecular weight excluding hydrogens is 268 g/mol. The standard InChI is InChI=1S/C12H20N2O4S/c15-6-9-4-2-1-3-5-13(9)12(18)14-8-19-7-10(14)11(16)17/h9-10,15H,1-8H2,(H,16,17)/t9?,10-/m0/s1. The zero-order chi connectivity index (χ0) is 13.8. The smallest absolute Gasteiger partial charge is 0.327 e. The molecule has 0 aliphatic carbocycles. The van der Waals surface area contributed by atoms with Crippen LogP contribution in [0.5, 0.6) is 0 Å². The highest BCUT2D eigenvalue weighted by atomic mass is 32.2. The van der Waals surface area contributed by atoms with Gasteiger partial charge in [-0.1, -0.05) is 12.8 Å². The summed E-state index contributed by atoms with van der Waals surface area (Å²) in [7, 11) is 0. The summed E-state index contributed by atoms with van der Waals surface area (Å²) in [5, 5.41) is 18.6. The van der Waals surface area contributed by atoms with E-state index < -0.39 is 12.0 Å². The summed E-state index contributed by atoms with van der Waals surface area (Å²) in [5.74, 6) is -0.0860. The van der Waals surface area contributed by atoms with Crippen LogP contribution in [0.3, 0.4) is 0 Å². The molecule has 2 rings (SSSR count). The van der Waals surface area contributed by atoms with Crippen LogP contribution in [0, 0.1) is 0 Å². The van der Waals surface area contributed by atoms with Crippen molar-refractivity contribution in [3.8, 4) is 0 Å². The lowest BCUT2D eigenvalue weighted by molar-refractivity contribution is -0.141. The maximum absolute atomic E-state index is 12.5. The van der Waals surface area contributed by atoms with Crippen molar-refractivity contribution in [1.82, 2.24) is 9.80 Å². The maximum atomic E-state index is 12.5. The molecular formula is C12H20N2O4S. The Morgan fingerprint density at radius 3 is 2.68 bits per heavy atom. The Kier molecular flexibility index (Phi) is 4.93. The first-order valence-corrected chi connectivity index (χ1v) is 7.79. The van der Waals surface area contributed by atoms with E-state index in [0.29, 0.717) is 18.2 Å². The highest BCUT2D eigenvalue weighted by Crippen LogP contribution is 2.25. The summed E-state index contributed by atoms with van der Waals surface area (Å²) in [6.07, 6.45) is 3.77. The van der Waals surface area contributed by atoms with Crippen LogP contribution in [0.4, 0.5) is 4.79 Å². The predicted octanol–water partition coefficient (Wildman–Crippen LogP) is 0.803. The minimum absolute atomic E-state index is 0.0511. The van der Waals surface area contributed by atoms with Gasteiger partial charge >= 0.3 is 12.0 Å². The minimum Gasteiger partial charge on any atom is -0.480 e. The molecule has 2 atom stereocenters. The quantitative estimate of drug-likeness (QED) is 0.785. The van der Waals surface area contributed by atoms with Crippen LogP contribution in [0.2, 0.25) is 0 Å². The number of carbonyl (C=O) groups excluding carboxylic acids is 1. The molecule has 6 nitrogen and oxygen atoms in total. The summed E-state index contributed by atoms with van der Waals surface area (Å²) < 4.78 is 0. The number of aliphatic carboxylic acids is 1. The fourth-order valence-electron chi connectivity index (χ4n) is 2.62. The second-order valence-electron chi connectivity index (χ2n) is 4.99. The van der Waals surface area contributed by atoms with E-state index in [9.17, 15) is 14.7 Å². The Morgan fingerprint density at radius 1 is 1.21 bits per heavy atom. The molecule has 1 unspecified atom stereocenters. The number of aliphatic hydroxyl groups is 1. The van der Waals surface area contributed by atoms with Gasteiger partial charge in [-0.05, 0) is 12.8 Å². The normalized spacial score (nSPS) is 28.3. The van der Waals surface area contributed by atoms with Crippen molar-refractivity contribution in [3.05, 3.63) is 0 Å². The van der Waals surface area contributed by atoms with Crippen LogP contribution in [-0.2, 0) is 4.79 Å². The molecule has 19 heavy (non-hydrogen) atoms. The summed E-state index contributed by atoms with van der Waals surface area (Å²) in [4.78, 5) is 26.7. The van der Waals surface area contributed by atoms with Crippen LogP contribution in [0.15, 0.2) is 0 Å². The van der Waals surface area contributed by atoms with Crippen molar-refractivity contribution in [2.24, 2.45) is 0 Å². The molecule has 2 aliphatic heterocycles. The van der Waals surface area contributed by atoms with Gasteiger partial charge in [0.05, 0.1) is 18.5 Å². The number of carbonyl (C=O) groups is 2. The van der Waals surface area contributed by atoms with Crippen molar-refractivity contribution in [2.45, 2.75) is 37.8 Å². The first kappa shape index (κ1) is 14.5. The fraction of sp³-hybridized carbons (Fsp3) is 0.833. The van der Waals surface area contributed by atoms with Crippen LogP contribution < -0.4 is 0 Å². The first-order chi connectivity index (χ1) is 9.15. The zero-order valence-corrected chi connectivity index (χ0v) is 11.6. The van der Waals surface area contributed by atoms with Gasteiger partial charge in [-0.3, -0.25) is 0 Å². The number of nitrogens with zero attached hydrogens (tertiary/aromatic N) is 2. The summed E-state index contributed by atoms with van der Waals surface area (Å²) in [5.41, 5.74) is 0. The Bertz CT molecular complexity index is 353. The van der Waals surface area contributed by atoms with Gasteiger partial charge in [0.15, 0.2) is 0 Å².